The van der Waals surface area contributed by atoms with Gasteiger partial charge in [0.2, 0.25) is 0 Å². The van der Waals surface area contributed by atoms with Crippen LogP contribution in [0.5, 0.6) is 0 Å². The van der Waals surface area contributed by atoms with E-state index in [1.165, 1.54) is 6.07 Å². The van der Waals surface area contributed by atoms with E-state index in [9.17, 15) is 9.18 Å². The predicted molar refractivity (Wildman–Crippen MR) is 77.8 cm³/mol. The molecule has 1 unspecified atom stereocenters. The Kier molecular flexibility index (Phi) is 4.13. The second kappa shape index (κ2) is 6.21. The van der Waals surface area contributed by atoms with E-state index in [2.05, 4.69) is 25.9 Å². The summed E-state index contributed by atoms with van der Waals surface area (Å²) in [6.07, 6.45) is 3.11. The number of hydrogen-bond donors (Lipinski definition) is 2. The quantitative estimate of drug-likeness (QED) is 0.854. The van der Waals surface area contributed by atoms with Crippen LogP contribution in [0.3, 0.4) is 0 Å². The summed E-state index contributed by atoms with van der Waals surface area (Å²) in [5, 5.41) is 16.6. The Morgan fingerprint density at radius 1 is 1.50 bits per heavy atom. The number of nitrogens with one attached hydrogen (secondary N) is 2. The number of aromatic nitrogens is 4. The maximum absolute atomic E-state index is 14.0. The molecule has 1 fully saturated rings. The molecule has 6 nitrogen and oxygen atoms in total. The number of H-pyrrole nitrogens is 1. The van der Waals surface area contributed by atoms with E-state index in [1.54, 1.807) is 12.1 Å². The standard InChI is InChI=1S/C15H18FN5O/c1-2-10(8-13-18-20-21-19-13)17-15(22)11-4-3-5-12(16)14(11)9-6-7-9/h3-5,9-10H,2,6-8H2,1H3,(H,17,22)(H,18,19,20,21). The van der Waals surface area contributed by atoms with Crippen molar-refractivity contribution in [3.63, 3.8) is 0 Å². The second-order valence-corrected chi connectivity index (χ2v) is 5.59. The van der Waals surface area contributed by atoms with E-state index in [0.29, 0.717) is 23.4 Å². The van der Waals surface area contributed by atoms with Crippen molar-refractivity contribution >= 4 is 5.91 Å². The van der Waals surface area contributed by atoms with Gasteiger partial charge >= 0.3 is 0 Å². The fourth-order valence-electron chi connectivity index (χ4n) is 2.57. The largest absolute Gasteiger partial charge is 0.349 e. The number of halogens is 1. The molecule has 2 aromatic rings. The van der Waals surface area contributed by atoms with Crippen LogP contribution in [0.25, 0.3) is 0 Å². The SMILES string of the molecule is CCC(Cc1nn[nH]n1)NC(=O)c1cccc(F)c1C1CC1. The summed E-state index contributed by atoms with van der Waals surface area (Å²) in [4.78, 5) is 12.5. The first kappa shape index (κ1) is 14.6. The fourth-order valence-corrected chi connectivity index (χ4v) is 2.57. The van der Waals surface area contributed by atoms with Gasteiger partial charge in [-0.05, 0) is 37.3 Å². The molecule has 0 bridgehead atoms. The van der Waals surface area contributed by atoms with Gasteiger partial charge in [-0.1, -0.05) is 18.2 Å². The highest BCUT2D eigenvalue weighted by molar-refractivity contribution is 5.96. The summed E-state index contributed by atoms with van der Waals surface area (Å²) in [7, 11) is 0. The van der Waals surface area contributed by atoms with Gasteiger partial charge in [0.1, 0.15) is 5.82 Å². The summed E-state index contributed by atoms with van der Waals surface area (Å²) in [6.45, 7) is 1.97. The molecule has 1 aromatic heterocycles. The molecule has 0 spiro atoms. The van der Waals surface area contributed by atoms with E-state index in [-0.39, 0.29) is 23.7 Å². The van der Waals surface area contributed by atoms with Crippen LogP contribution >= 0.6 is 0 Å². The van der Waals surface area contributed by atoms with Crippen LogP contribution in [0, 0.1) is 5.82 Å². The molecule has 1 saturated carbocycles. The van der Waals surface area contributed by atoms with Crippen molar-refractivity contribution in [1.82, 2.24) is 25.9 Å². The van der Waals surface area contributed by atoms with Crippen LogP contribution in [0.1, 0.15) is 53.8 Å². The number of tetrazole rings is 1. The molecule has 2 N–H and O–H groups in total. The second-order valence-electron chi connectivity index (χ2n) is 5.59. The van der Waals surface area contributed by atoms with Crippen molar-refractivity contribution in [3.8, 4) is 0 Å². The van der Waals surface area contributed by atoms with Crippen molar-refractivity contribution in [2.45, 2.75) is 44.6 Å². The molecular formula is C15H18FN5O. The molecule has 0 radical (unpaired) electrons. The first-order chi connectivity index (χ1) is 10.7. The highest BCUT2D eigenvalue weighted by atomic mass is 19.1. The summed E-state index contributed by atoms with van der Waals surface area (Å²) < 4.78 is 14.0. The maximum Gasteiger partial charge on any atom is 0.251 e. The molecular weight excluding hydrogens is 285 g/mol. The number of aromatic amines is 1. The molecule has 1 amide bonds. The maximum atomic E-state index is 14.0. The Balaban J connectivity index is 1.74. The predicted octanol–water partition coefficient (Wildman–Crippen LogP) is 1.97. The van der Waals surface area contributed by atoms with Gasteiger partial charge in [-0.3, -0.25) is 4.79 Å². The normalized spacial score (nSPS) is 15.5. The van der Waals surface area contributed by atoms with Crippen LogP contribution < -0.4 is 5.32 Å². The van der Waals surface area contributed by atoms with Crippen LogP contribution in [0.2, 0.25) is 0 Å². The molecule has 22 heavy (non-hydrogen) atoms. The van der Waals surface area contributed by atoms with Crippen molar-refractivity contribution in [2.24, 2.45) is 0 Å². The third-order valence-electron chi connectivity index (χ3n) is 3.93. The van der Waals surface area contributed by atoms with Gasteiger partial charge in [0, 0.05) is 23.6 Å². The lowest BCUT2D eigenvalue weighted by molar-refractivity contribution is 0.0934. The number of carbonyl (C=O) groups excluding carboxylic acids is 1. The molecule has 1 heterocycles. The fraction of sp³-hybridized carbons (Fsp3) is 0.467. The first-order valence-electron chi connectivity index (χ1n) is 7.50. The van der Waals surface area contributed by atoms with Crippen LogP contribution in [0.15, 0.2) is 18.2 Å². The van der Waals surface area contributed by atoms with Gasteiger partial charge in [-0.15, -0.1) is 10.2 Å². The molecule has 0 saturated heterocycles. The smallest absolute Gasteiger partial charge is 0.251 e. The average Bonchev–Trinajstić information content (AvgIpc) is 3.22. The highest BCUT2D eigenvalue weighted by Gasteiger charge is 2.31. The lowest BCUT2D eigenvalue weighted by Crippen LogP contribution is -2.36. The zero-order valence-electron chi connectivity index (χ0n) is 12.3. The third kappa shape index (κ3) is 3.13. The van der Waals surface area contributed by atoms with Gasteiger partial charge in [-0.2, -0.15) is 5.21 Å². The molecule has 0 aliphatic heterocycles. The van der Waals surface area contributed by atoms with Gasteiger partial charge in [0.25, 0.3) is 5.91 Å². The third-order valence-corrected chi connectivity index (χ3v) is 3.93. The van der Waals surface area contributed by atoms with Crippen LogP contribution in [-0.4, -0.2) is 32.6 Å². The van der Waals surface area contributed by atoms with Crippen LogP contribution in [-0.2, 0) is 6.42 Å². The molecule has 116 valence electrons. The highest BCUT2D eigenvalue weighted by Crippen LogP contribution is 2.42. The Hall–Kier alpha value is -2.31. The van der Waals surface area contributed by atoms with E-state index in [4.69, 9.17) is 0 Å². The van der Waals surface area contributed by atoms with Crippen molar-refractivity contribution in [2.75, 3.05) is 0 Å². The Labute approximate surface area is 127 Å². The van der Waals surface area contributed by atoms with E-state index in [1.807, 2.05) is 6.92 Å². The topological polar surface area (TPSA) is 83.6 Å². The Bertz CT molecular complexity index is 654. The number of benzene rings is 1. The van der Waals surface area contributed by atoms with E-state index < -0.39 is 0 Å². The number of carbonyl (C=O) groups is 1. The molecule has 3 rings (SSSR count). The molecule has 1 aromatic carbocycles. The summed E-state index contributed by atoms with van der Waals surface area (Å²) in [5.41, 5.74) is 0.989. The molecule has 7 heteroatoms. The number of nitrogens with zero attached hydrogens (tertiary/aromatic N) is 3. The van der Waals surface area contributed by atoms with Gasteiger partial charge in [-0.25, -0.2) is 4.39 Å². The van der Waals surface area contributed by atoms with Gasteiger partial charge in [0.05, 0.1) is 0 Å². The van der Waals surface area contributed by atoms with Crippen molar-refractivity contribution in [3.05, 3.63) is 41.0 Å². The van der Waals surface area contributed by atoms with Gasteiger partial charge in [0.15, 0.2) is 5.82 Å². The van der Waals surface area contributed by atoms with E-state index in [0.717, 1.165) is 19.3 Å². The van der Waals surface area contributed by atoms with Crippen molar-refractivity contribution < 1.29 is 9.18 Å². The minimum absolute atomic E-state index is 0.111. The number of amides is 1. The summed E-state index contributed by atoms with van der Waals surface area (Å²) in [5.74, 6) is 0.200. The zero-order chi connectivity index (χ0) is 15.5. The minimum atomic E-state index is -0.290. The summed E-state index contributed by atoms with van der Waals surface area (Å²) >= 11 is 0. The number of hydrogen-bond acceptors (Lipinski definition) is 4. The Morgan fingerprint density at radius 3 is 2.95 bits per heavy atom. The monoisotopic (exact) mass is 303 g/mol. The minimum Gasteiger partial charge on any atom is -0.349 e. The number of rotatable bonds is 6. The van der Waals surface area contributed by atoms with Gasteiger partial charge < -0.3 is 5.32 Å². The van der Waals surface area contributed by atoms with Crippen molar-refractivity contribution in [1.29, 1.82) is 0 Å². The average molecular weight is 303 g/mol. The lowest BCUT2D eigenvalue weighted by atomic mass is 10.0. The molecule has 1 aliphatic carbocycles. The lowest BCUT2D eigenvalue weighted by Gasteiger charge is -2.17. The Morgan fingerprint density at radius 2 is 2.32 bits per heavy atom. The molecule has 1 aliphatic rings. The van der Waals surface area contributed by atoms with E-state index >= 15 is 0 Å². The van der Waals surface area contributed by atoms with Crippen LogP contribution in [0.4, 0.5) is 4.39 Å². The first-order valence-corrected chi connectivity index (χ1v) is 7.50. The molecule has 1 atom stereocenters. The zero-order valence-corrected chi connectivity index (χ0v) is 12.3. The summed E-state index contributed by atoms with van der Waals surface area (Å²) in [6, 6.07) is 4.57.